The predicted octanol–water partition coefficient (Wildman–Crippen LogP) is 4.18. The van der Waals surface area contributed by atoms with Crippen LogP contribution in [0.1, 0.15) is 43.6 Å². The average molecular weight is 302 g/mol. The summed E-state index contributed by atoms with van der Waals surface area (Å²) in [6, 6.07) is 11.1. The van der Waals surface area contributed by atoms with Gasteiger partial charge in [0.15, 0.2) is 0 Å². The fraction of sp³-hybridized carbons (Fsp3) is 0.533. The first-order valence-electron chi connectivity index (χ1n) is 6.32. The molecule has 0 aromatic heterocycles. The van der Waals surface area contributed by atoms with E-state index in [4.69, 9.17) is 0 Å². The van der Waals surface area contributed by atoms with Crippen LogP contribution in [-0.2, 0) is 19.5 Å². The van der Waals surface area contributed by atoms with Gasteiger partial charge >= 0.3 is 0 Å². The van der Waals surface area contributed by atoms with Crippen molar-refractivity contribution in [1.82, 2.24) is 0 Å². The summed E-state index contributed by atoms with van der Waals surface area (Å²) in [6.07, 6.45) is 9.74. The molecule has 89 valence electrons. The maximum atomic E-state index is 2.60. The molecule has 3 saturated carbocycles. The Bertz CT molecular complexity index is 311. The predicted molar refractivity (Wildman–Crippen MR) is 63.5 cm³/mol. The van der Waals surface area contributed by atoms with Crippen LogP contribution in [0.25, 0.3) is 0 Å². The van der Waals surface area contributed by atoms with E-state index < -0.39 is 0 Å². The van der Waals surface area contributed by atoms with E-state index in [2.05, 4.69) is 36.8 Å². The number of hydrogen-bond donors (Lipinski definition) is 0. The normalized spacial score (nSPS) is 32.9. The summed E-state index contributed by atoms with van der Waals surface area (Å²) in [6.45, 7) is 0. The minimum atomic E-state index is 0. The average Bonchev–Trinajstić information content (AvgIpc) is 2.63. The first-order chi connectivity index (χ1) is 7.43. The molecule has 3 aliphatic rings. The van der Waals surface area contributed by atoms with Crippen LogP contribution in [0.5, 0.6) is 0 Å². The first-order valence-corrected chi connectivity index (χ1v) is 6.32. The third kappa shape index (κ3) is 2.40. The van der Waals surface area contributed by atoms with Crippen LogP contribution in [0.15, 0.2) is 30.3 Å². The molecule has 16 heavy (non-hydrogen) atoms. The third-order valence-electron chi connectivity index (χ3n) is 4.34. The minimum absolute atomic E-state index is 0. The van der Waals surface area contributed by atoms with Crippen LogP contribution >= 0.6 is 0 Å². The number of benzene rings is 1. The molecule has 0 N–H and O–H groups in total. The minimum Gasteiger partial charge on any atom is -0.325 e. The van der Waals surface area contributed by atoms with E-state index in [1.165, 1.54) is 32.1 Å². The Hall–Kier alpha value is -0.157. The summed E-state index contributed by atoms with van der Waals surface area (Å²) in [5.74, 6) is 2.72. The molecule has 3 aliphatic carbocycles. The van der Waals surface area contributed by atoms with Gasteiger partial charge in [-0.3, -0.25) is 0 Å². The van der Waals surface area contributed by atoms with Crippen molar-refractivity contribution >= 4 is 0 Å². The summed E-state index contributed by atoms with van der Waals surface area (Å²) >= 11 is 0. The van der Waals surface area contributed by atoms with E-state index in [1.807, 2.05) is 0 Å². The second-order valence-electron chi connectivity index (χ2n) is 5.16. The molecule has 0 heterocycles. The maximum absolute atomic E-state index is 2.60. The number of hydrogen-bond acceptors (Lipinski definition) is 0. The molecule has 0 spiro atoms. The molecule has 1 radical (unpaired) electrons. The Balaban J connectivity index is 0.000000963. The van der Waals surface area contributed by atoms with Crippen LogP contribution in [-0.4, -0.2) is 0 Å². The molecule has 0 aliphatic heterocycles. The summed E-state index contributed by atoms with van der Waals surface area (Å²) in [7, 11) is 0. The van der Waals surface area contributed by atoms with E-state index in [0.29, 0.717) is 0 Å². The molecule has 0 amide bonds. The Labute approximate surface area is 112 Å². The second-order valence-corrected chi connectivity index (χ2v) is 5.16. The molecular weight excluding hydrogens is 283 g/mol. The van der Waals surface area contributed by atoms with Gasteiger partial charge < -0.3 is 6.42 Å². The third-order valence-corrected chi connectivity index (χ3v) is 4.34. The van der Waals surface area contributed by atoms with Gasteiger partial charge in [-0.1, -0.05) is 56.0 Å². The smallest absolute Gasteiger partial charge is 0 e. The molecule has 1 aromatic rings. The standard InChI is InChI=1S/C15H19.Rh/c1-2-4-13(5-3-1)15-11-8-12-6-9-14(15)10-7-12;/h1-5,8,12,14-15H,6-7,9-11H2;/q-1;/t12?,14?,15-;/m0./s1. The fourth-order valence-electron chi connectivity index (χ4n) is 3.42. The Morgan fingerprint density at radius 2 is 1.62 bits per heavy atom. The first kappa shape index (κ1) is 12.3. The van der Waals surface area contributed by atoms with Crippen LogP contribution in [0.3, 0.4) is 0 Å². The van der Waals surface area contributed by atoms with Crippen LogP contribution in [0, 0.1) is 18.3 Å². The molecule has 0 unspecified atom stereocenters. The van der Waals surface area contributed by atoms with Gasteiger partial charge in [-0.25, -0.2) is 0 Å². The topological polar surface area (TPSA) is 0 Å². The van der Waals surface area contributed by atoms with Crippen LogP contribution < -0.4 is 0 Å². The summed E-state index contributed by atoms with van der Waals surface area (Å²) in [5, 5.41) is 0. The fourth-order valence-corrected chi connectivity index (χ4v) is 3.42. The molecule has 1 atom stereocenters. The van der Waals surface area contributed by atoms with Gasteiger partial charge in [-0.2, -0.15) is 12.3 Å². The van der Waals surface area contributed by atoms with E-state index in [0.717, 1.165) is 17.8 Å². The number of fused-ring (bicyclic) bond motifs is 4. The quantitative estimate of drug-likeness (QED) is 0.539. The zero-order valence-electron chi connectivity index (χ0n) is 9.57. The Morgan fingerprint density at radius 1 is 0.938 bits per heavy atom. The van der Waals surface area contributed by atoms with Crippen molar-refractivity contribution in [3.05, 3.63) is 42.3 Å². The summed E-state index contributed by atoms with van der Waals surface area (Å²) in [5.41, 5.74) is 1.57. The SMILES string of the molecule is [Rh].c1ccc([C@@H]2C[CH-]C3CCC2CC3)cc1. The molecule has 4 rings (SSSR count). The van der Waals surface area contributed by atoms with Gasteiger partial charge in [-0.15, -0.1) is 0 Å². The zero-order valence-corrected chi connectivity index (χ0v) is 11.2. The van der Waals surface area contributed by atoms with Crippen molar-refractivity contribution in [2.75, 3.05) is 0 Å². The van der Waals surface area contributed by atoms with Gasteiger partial charge in [0.1, 0.15) is 0 Å². The van der Waals surface area contributed by atoms with E-state index in [9.17, 15) is 0 Å². The second kappa shape index (κ2) is 5.45. The van der Waals surface area contributed by atoms with E-state index in [1.54, 1.807) is 5.56 Å². The van der Waals surface area contributed by atoms with Gasteiger partial charge in [0.05, 0.1) is 0 Å². The van der Waals surface area contributed by atoms with E-state index >= 15 is 0 Å². The molecule has 0 saturated heterocycles. The monoisotopic (exact) mass is 302 g/mol. The van der Waals surface area contributed by atoms with Gasteiger partial charge in [0, 0.05) is 19.5 Å². The van der Waals surface area contributed by atoms with Gasteiger partial charge in [0.25, 0.3) is 0 Å². The molecule has 1 aromatic carbocycles. The van der Waals surface area contributed by atoms with Crippen molar-refractivity contribution < 1.29 is 19.5 Å². The van der Waals surface area contributed by atoms with E-state index in [-0.39, 0.29) is 19.5 Å². The largest absolute Gasteiger partial charge is 0.325 e. The van der Waals surface area contributed by atoms with Crippen molar-refractivity contribution in [2.24, 2.45) is 11.8 Å². The Morgan fingerprint density at radius 3 is 2.31 bits per heavy atom. The van der Waals surface area contributed by atoms with Gasteiger partial charge in [-0.05, 0) is 17.4 Å². The molecule has 1 heteroatoms. The number of rotatable bonds is 1. The maximum Gasteiger partial charge on any atom is 0 e. The summed E-state index contributed by atoms with van der Waals surface area (Å²) in [4.78, 5) is 0. The van der Waals surface area contributed by atoms with Crippen LogP contribution in [0.4, 0.5) is 0 Å². The zero-order chi connectivity index (χ0) is 10.1. The van der Waals surface area contributed by atoms with Crippen molar-refractivity contribution in [2.45, 2.75) is 38.0 Å². The Kier molecular flexibility index (Phi) is 4.19. The molecule has 0 nitrogen and oxygen atoms in total. The molecular formula is C15H19Rh-. The van der Waals surface area contributed by atoms with Crippen molar-refractivity contribution in [3.8, 4) is 0 Å². The van der Waals surface area contributed by atoms with Crippen molar-refractivity contribution in [1.29, 1.82) is 0 Å². The summed E-state index contributed by atoms with van der Waals surface area (Å²) < 4.78 is 0. The van der Waals surface area contributed by atoms with Crippen LogP contribution in [0.2, 0.25) is 0 Å². The molecule has 3 fully saturated rings. The van der Waals surface area contributed by atoms with Crippen molar-refractivity contribution in [3.63, 3.8) is 0 Å². The van der Waals surface area contributed by atoms with Gasteiger partial charge in [0.2, 0.25) is 0 Å². The molecule has 2 bridgehead atoms.